The lowest BCUT2D eigenvalue weighted by atomic mass is 10.3. The molecular weight excluding hydrogens is 234 g/mol. The van der Waals surface area contributed by atoms with Gasteiger partial charge in [0.2, 0.25) is 0 Å². The minimum atomic E-state index is 0.474. The summed E-state index contributed by atoms with van der Waals surface area (Å²) in [5, 5.41) is 0. The Balaban J connectivity index is 2.72. The van der Waals surface area contributed by atoms with E-state index in [1.807, 2.05) is 0 Å². The number of unbranched alkanes of at least 4 members (excludes halogenated alkanes) is 1. The molecule has 3 heteroatoms. The molecule has 0 aromatic rings. The van der Waals surface area contributed by atoms with Crippen molar-refractivity contribution in [2.24, 2.45) is 5.73 Å². The molecule has 0 atom stereocenters. The van der Waals surface area contributed by atoms with E-state index < -0.39 is 0 Å². The minimum absolute atomic E-state index is 0.474. The fraction of sp³-hybridized carbons (Fsp3) is 1.00. The van der Waals surface area contributed by atoms with Gasteiger partial charge in [-0.05, 0) is 19.4 Å². The van der Waals surface area contributed by atoms with Gasteiger partial charge in [-0.3, -0.25) is 0 Å². The summed E-state index contributed by atoms with van der Waals surface area (Å²) in [7, 11) is 0. The largest absolute Gasteiger partial charge is 0.330 e. The van der Waals surface area contributed by atoms with Gasteiger partial charge in [0, 0.05) is 0 Å². The van der Waals surface area contributed by atoms with Crippen LogP contribution < -0.4 is 5.73 Å². The van der Waals surface area contributed by atoms with Gasteiger partial charge in [-0.15, -0.1) is 0 Å². The molecule has 0 fully saturated rings. The summed E-state index contributed by atoms with van der Waals surface area (Å²) < 4.78 is 0.474. The molecule has 50 valence electrons. The number of hydrogen-bond donors (Lipinski definition) is 1. The summed E-state index contributed by atoms with van der Waals surface area (Å²) in [6, 6.07) is 0. The zero-order chi connectivity index (χ0) is 6.41. The number of halogens is 2. The Morgan fingerprint density at radius 3 is 2.25 bits per heavy atom. The van der Waals surface area contributed by atoms with E-state index in [2.05, 4.69) is 31.9 Å². The third-order valence-corrected chi connectivity index (χ3v) is 1.79. The van der Waals surface area contributed by atoms with Crippen molar-refractivity contribution in [3.8, 4) is 0 Å². The van der Waals surface area contributed by atoms with Gasteiger partial charge in [0.05, 0.1) is 3.74 Å². The fourth-order valence-corrected chi connectivity index (χ4v) is 1.09. The van der Waals surface area contributed by atoms with Crippen molar-refractivity contribution in [1.29, 1.82) is 0 Å². The van der Waals surface area contributed by atoms with Gasteiger partial charge < -0.3 is 5.73 Å². The Labute approximate surface area is 67.3 Å². The van der Waals surface area contributed by atoms with Crippen LogP contribution in [0, 0.1) is 0 Å². The van der Waals surface area contributed by atoms with Crippen molar-refractivity contribution in [2.45, 2.75) is 23.0 Å². The number of rotatable bonds is 4. The maximum Gasteiger partial charge on any atom is 0.0697 e. The van der Waals surface area contributed by atoms with Crippen molar-refractivity contribution in [3.05, 3.63) is 0 Å². The molecule has 0 saturated carbocycles. The van der Waals surface area contributed by atoms with Crippen molar-refractivity contribution < 1.29 is 0 Å². The smallest absolute Gasteiger partial charge is 0.0697 e. The second-order valence-electron chi connectivity index (χ2n) is 1.68. The van der Waals surface area contributed by atoms with Crippen LogP contribution in [0.2, 0.25) is 0 Å². The standard InChI is InChI=1S/C5H11Br2N/c6-5(7)3-1-2-4-8/h5H,1-4,8H2. The molecule has 0 aliphatic carbocycles. The Kier molecular flexibility index (Phi) is 6.74. The van der Waals surface area contributed by atoms with Crippen molar-refractivity contribution in [1.82, 2.24) is 0 Å². The van der Waals surface area contributed by atoms with Crippen LogP contribution in [0.1, 0.15) is 19.3 Å². The molecule has 0 aromatic heterocycles. The predicted octanol–water partition coefficient (Wildman–Crippen LogP) is 2.23. The van der Waals surface area contributed by atoms with Crippen LogP contribution in [0.5, 0.6) is 0 Å². The highest BCUT2D eigenvalue weighted by molar-refractivity contribution is 9.24. The molecule has 0 amide bonds. The summed E-state index contributed by atoms with van der Waals surface area (Å²) in [4.78, 5) is 0. The molecule has 0 unspecified atom stereocenters. The molecule has 0 bridgehead atoms. The topological polar surface area (TPSA) is 26.0 Å². The number of hydrogen-bond acceptors (Lipinski definition) is 1. The summed E-state index contributed by atoms with van der Waals surface area (Å²) in [6.45, 7) is 0.812. The van der Waals surface area contributed by atoms with Crippen molar-refractivity contribution >= 4 is 31.9 Å². The lowest BCUT2D eigenvalue weighted by molar-refractivity contribution is 0.726. The molecule has 8 heavy (non-hydrogen) atoms. The first-order valence-corrected chi connectivity index (χ1v) is 4.58. The number of alkyl halides is 2. The van der Waals surface area contributed by atoms with Crippen LogP contribution in [-0.2, 0) is 0 Å². The molecule has 0 aliphatic heterocycles. The Hall–Kier alpha value is 0.920. The quantitative estimate of drug-likeness (QED) is 0.596. The summed E-state index contributed by atoms with van der Waals surface area (Å²) in [5.74, 6) is 0. The van der Waals surface area contributed by atoms with Crippen molar-refractivity contribution in [3.63, 3.8) is 0 Å². The summed E-state index contributed by atoms with van der Waals surface area (Å²) >= 11 is 6.76. The monoisotopic (exact) mass is 243 g/mol. The molecule has 0 rings (SSSR count). The Morgan fingerprint density at radius 2 is 1.88 bits per heavy atom. The minimum Gasteiger partial charge on any atom is -0.330 e. The first-order chi connectivity index (χ1) is 3.77. The van der Waals surface area contributed by atoms with Gasteiger partial charge in [0.1, 0.15) is 0 Å². The van der Waals surface area contributed by atoms with Gasteiger partial charge in [-0.1, -0.05) is 38.3 Å². The van der Waals surface area contributed by atoms with Crippen LogP contribution >= 0.6 is 31.9 Å². The average molecular weight is 245 g/mol. The highest BCUT2D eigenvalue weighted by atomic mass is 79.9. The third-order valence-electron chi connectivity index (χ3n) is 0.876. The van der Waals surface area contributed by atoms with Crippen LogP contribution in [0.25, 0.3) is 0 Å². The first-order valence-electron chi connectivity index (χ1n) is 2.75. The molecule has 0 heterocycles. The second kappa shape index (κ2) is 6.05. The summed E-state index contributed by atoms with van der Waals surface area (Å²) in [5.41, 5.74) is 5.28. The Bertz CT molecular complexity index is 47.7. The van der Waals surface area contributed by atoms with Crippen LogP contribution in [0.4, 0.5) is 0 Å². The van der Waals surface area contributed by atoms with E-state index in [-0.39, 0.29) is 0 Å². The predicted molar refractivity (Wildman–Crippen MR) is 44.5 cm³/mol. The lowest BCUT2D eigenvalue weighted by Crippen LogP contribution is -1.98. The molecule has 0 saturated heterocycles. The van der Waals surface area contributed by atoms with Gasteiger partial charge in [-0.25, -0.2) is 0 Å². The maximum absolute atomic E-state index is 5.28. The van der Waals surface area contributed by atoms with Crippen LogP contribution in [-0.4, -0.2) is 10.3 Å². The van der Waals surface area contributed by atoms with Gasteiger partial charge in [0.25, 0.3) is 0 Å². The normalized spacial score (nSPS) is 10.5. The zero-order valence-electron chi connectivity index (χ0n) is 4.74. The van der Waals surface area contributed by atoms with E-state index in [4.69, 9.17) is 5.73 Å². The fourth-order valence-electron chi connectivity index (χ4n) is 0.443. The van der Waals surface area contributed by atoms with Gasteiger partial charge in [0.15, 0.2) is 0 Å². The van der Waals surface area contributed by atoms with Gasteiger partial charge >= 0.3 is 0 Å². The highest BCUT2D eigenvalue weighted by Crippen LogP contribution is 2.14. The summed E-state index contributed by atoms with van der Waals surface area (Å²) in [6.07, 6.45) is 3.50. The molecule has 0 radical (unpaired) electrons. The van der Waals surface area contributed by atoms with Crippen LogP contribution in [0.15, 0.2) is 0 Å². The third kappa shape index (κ3) is 6.92. The van der Waals surface area contributed by atoms with E-state index in [9.17, 15) is 0 Å². The Morgan fingerprint density at radius 1 is 1.25 bits per heavy atom. The lowest BCUT2D eigenvalue weighted by Gasteiger charge is -1.97. The SMILES string of the molecule is NCCCCC(Br)Br. The first kappa shape index (κ1) is 8.92. The van der Waals surface area contributed by atoms with E-state index in [0.29, 0.717) is 3.74 Å². The molecule has 0 spiro atoms. The molecule has 1 nitrogen and oxygen atoms in total. The molecule has 2 N–H and O–H groups in total. The van der Waals surface area contributed by atoms with E-state index in [1.165, 1.54) is 6.42 Å². The molecule has 0 aromatic carbocycles. The maximum atomic E-state index is 5.28. The number of nitrogens with two attached hydrogens (primary N) is 1. The molecular formula is C5H11Br2N. The van der Waals surface area contributed by atoms with E-state index in [1.54, 1.807) is 0 Å². The average Bonchev–Trinajstić information content (AvgIpc) is 1.66. The van der Waals surface area contributed by atoms with Crippen molar-refractivity contribution in [2.75, 3.05) is 6.54 Å². The van der Waals surface area contributed by atoms with E-state index >= 15 is 0 Å². The van der Waals surface area contributed by atoms with Gasteiger partial charge in [-0.2, -0.15) is 0 Å². The van der Waals surface area contributed by atoms with E-state index in [0.717, 1.165) is 19.4 Å². The second-order valence-corrected chi connectivity index (χ2v) is 5.11. The molecule has 0 aliphatic rings. The highest BCUT2D eigenvalue weighted by Gasteiger charge is 1.94. The van der Waals surface area contributed by atoms with Crippen LogP contribution in [0.3, 0.4) is 0 Å². The zero-order valence-corrected chi connectivity index (χ0v) is 7.91.